The van der Waals surface area contributed by atoms with Crippen molar-refractivity contribution in [3.63, 3.8) is 0 Å². The van der Waals surface area contributed by atoms with Crippen LogP contribution in [0.5, 0.6) is 0 Å². The Morgan fingerprint density at radius 1 is 1.24 bits per heavy atom. The molecule has 0 unspecified atom stereocenters. The highest BCUT2D eigenvalue weighted by molar-refractivity contribution is 5.73. The molecule has 134 valence electrons. The number of carboxylic acids is 1. The molecule has 25 heavy (non-hydrogen) atoms. The minimum atomic E-state index is -0.857. The van der Waals surface area contributed by atoms with Crippen LogP contribution >= 0.6 is 0 Å². The van der Waals surface area contributed by atoms with E-state index in [1.54, 1.807) is 11.9 Å². The van der Waals surface area contributed by atoms with Crippen LogP contribution in [0.15, 0.2) is 40.9 Å². The van der Waals surface area contributed by atoms with Crippen LogP contribution < -0.4 is 5.32 Å². The van der Waals surface area contributed by atoms with Gasteiger partial charge in [-0.3, -0.25) is 4.79 Å². The van der Waals surface area contributed by atoms with E-state index in [4.69, 9.17) is 9.63 Å². The van der Waals surface area contributed by atoms with E-state index < -0.39 is 5.97 Å². The van der Waals surface area contributed by atoms with Crippen molar-refractivity contribution in [1.82, 2.24) is 15.4 Å². The monoisotopic (exact) mass is 345 g/mol. The first-order chi connectivity index (χ1) is 12.1. The minimum absolute atomic E-state index is 0.0548. The Kier molecular flexibility index (Phi) is 7.00. The number of amides is 2. The average Bonchev–Trinajstić information content (AvgIpc) is 3.08. The number of aliphatic carboxylic acids is 1. The van der Waals surface area contributed by atoms with Crippen LogP contribution in [0.4, 0.5) is 4.79 Å². The van der Waals surface area contributed by atoms with E-state index in [-0.39, 0.29) is 12.5 Å². The lowest BCUT2D eigenvalue weighted by Gasteiger charge is -2.17. The summed E-state index contributed by atoms with van der Waals surface area (Å²) >= 11 is 0. The first-order valence-corrected chi connectivity index (χ1v) is 8.28. The quantitative estimate of drug-likeness (QED) is 0.681. The SMILES string of the molecule is CN(CCCc1cc(-c2ccccc2)no1)C(=O)NCCCC(=O)O. The van der Waals surface area contributed by atoms with Gasteiger partial charge >= 0.3 is 12.0 Å². The van der Waals surface area contributed by atoms with Crippen molar-refractivity contribution in [3.05, 3.63) is 42.2 Å². The van der Waals surface area contributed by atoms with Crippen molar-refractivity contribution in [2.45, 2.75) is 25.7 Å². The molecule has 2 rings (SSSR count). The number of hydrogen-bond donors (Lipinski definition) is 2. The van der Waals surface area contributed by atoms with Crippen LogP contribution in [-0.4, -0.2) is 47.3 Å². The Bertz CT molecular complexity index is 685. The Labute approximate surface area is 146 Å². The zero-order valence-electron chi connectivity index (χ0n) is 14.3. The van der Waals surface area contributed by atoms with E-state index in [0.29, 0.717) is 25.9 Å². The minimum Gasteiger partial charge on any atom is -0.481 e. The van der Waals surface area contributed by atoms with Crippen molar-refractivity contribution >= 4 is 12.0 Å². The van der Waals surface area contributed by atoms with E-state index >= 15 is 0 Å². The maximum Gasteiger partial charge on any atom is 0.317 e. The van der Waals surface area contributed by atoms with Gasteiger partial charge in [0.1, 0.15) is 11.5 Å². The van der Waals surface area contributed by atoms with Gasteiger partial charge in [-0.1, -0.05) is 35.5 Å². The molecule has 7 heteroatoms. The van der Waals surface area contributed by atoms with Crippen LogP contribution in [0, 0.1) is 0 Å². The summed E-state index contributed by atoms with van der Waals surface area (Å²) in [6, 6.07) is 11.5. The number of carboxylic acid groups (broad SMARTS) is 1. The van der Waals surface area contributed by atoms with Gasteiger partial charge in [0.2, 0.25) is 0 Å². The Morgan fingerprint density at radius 3 is 2.72 bits per heavy atom. The Hall–Kier alpha value is -2.83. The predicted molar refractivity (Wildman–Crippen MR) is 93.2 cm³/mol. The normalized spacial score (nSPS) is 10.4. The second-order valence-corrected chi connectivity index (χ2v) is 5.80. The molecule has 1 aromatic carbocycles. The van der Waals surface area contributed by atoms with Crippen LogP contribution in [0.2, 0.25) is 0 Å². The van der Waals surface area contributed by atoms with Crippen LogP contribution in [0.1, 0.15) is 25.0 Å². The summed E-state index contributed by atoms with van der Waals surface area (Å²) in [5.41, 5.74) is 1.82. The van der Waals surface area contributed by atoms with Gasteiger partial charge in [0.25, 0.3) is 0 Å². The topological polar surface area (TPSA) is 95.7 Å². The molecule has 0 saturated carbocycles. The molecule has 0 aliphatic carbocycles. The standard InChI is InChI=1S/C18H23N3O4/c1-21(18(24)19-11-5-10-17(22)23)12-6-9-15-13-16(20-25-15)14-7-3-2-4-8-14/h2-4,7-8,13H,5-6,9-12H2,1H3,(H,19,24)(H,22,23). The lowest BCUT2D eigenvalue weighted by Crippen LogP contribution is -2.38. The van der Waals surface area contributed by atoms with E-state index in [9.17, 15) is 9.59 Å². The van der Waals surface area contributed by atoms with E-state index in [0.717, 1.165) is 23.4 Å². The largest absolute Gasteiger partial charge is 0.481 e. The molecular weight excluding hydrogens is 322 g/mol. The fourth-order valence-electron chi connectivity index (χ4n) is 2.34. The highest BCUT2D eigenvalue weighted by Gasteiger charge is 2.10. The smallest absolute Gasteiger partial charge is 0.317 e. The van der Waals surface area contributed by atoms with Crippen molar-refractivity contribution in [1.29, 1.82) is 0 Å². The third-order valence-corrected chi connectivity index (χ3v) is 3.74. The molecule has 0 aliphatic rings. The third kappa shape index (κ3) is 6.29. The average molecular weight is 345 g/mol. The Balaban J connectivity index is 1.69. The molecule has 1 aromatic heterocycles. The Morgan fingerprint density at radius 2 is 2.00 bits per heavy atom. The van der Waals surface area contributed by atoms with Gasteiger partial charge in [0.05, 0.1) is 0 Å². The zero-order valence-corrected chi connectivity index (χ0v) is 14.3. The number of carbonyl (C=O) groups is 2. The molecule has 2 N–H and O–H groups in total. The molecule has 7 nitrogen and oxygen atoms in total. The number of urea groups is 1. The van der Waals surface area contributed by atoms with Crippen molar-refractivity contribution < 1.29 is 19.2 Å². The molecular formula is C18H23N3O4. The maximum atomic E-state index is 11.9. The first kappa shape index (κ1) is 18.5. The molecule has 0 aliphatic heterocycles. The molecule has 2 aromatic rings. The molecule has 0 radical (unpaired) electrons. The van der Waals surface area contributed by atoms with Gasteiger partial charge in [-0.15, -0.1) is 0 Å². The van der Waals surface area contributed by atoms with Crippen molar-refractivity contribution in [3.8, 4) is 11.3 Å². The van der Waals surface area contributed by atoms with Gasteiger partial charge in [-0.25, -0.2) is 4.79 Å². The van der Waals surface area contributed by atoms with E-state index in [1.807, 2.05) is 36.4 Å². The molecule has 2 amide bonds. The summed E-state index contributed by atoms with van der Waals surface area (Å²) in [7, 11) is 1.71. The highest BCUT2D eigenvalue weighted by atomic mass is 16.5. The van der Waals surface area contributed by atoms with E-state index in [2.05, 4.69) is 10.5 Å². The predicted octanol–water partition coefficient (Wildman–Crippen LogP) is 2.78. The van der Waals surface area contributed by atoms with Gasteiger partial charge in [0, 0.05) is 44.6 Å². The lowest BCUT2D eigenvalue weighted by atomic mass is 10.1. The van der Waals surface area contributed by atoms with Gasteiger partial charge in [-0.2, -0.15) is 0 Å². The summed E-state index contributed by atoms with van der Waals surface area (Å²) < 4.78 is 5.34. The maximum absolute atomic E-state index is 11.9. The van der Waals surface area contributed by atoms with Crippen LogP contribution in [0.3, 0.4) is 0 Å². The third-order valence-electron chi connectivity index (χ3n) is 3.74. The first-order valence-electron chi connectivity index (χ1n) is 8.28. The lowest BCUT2D eigenvalue weighted by molar-refractivity contribution is -0.137. The number of aromatic nitrogens is 1. The highest BCUT2D eigenvalue weighted by Crippen LogP contribution is 2.19. The van der Waals surface area contributed by atoms with Gasteiger partial charge in [0.15, 0.2) is 0 Å². The van der Waals surface area contributed by atoms with Crippen LogP contribution in [-0.2, 0) is 11.2 Å². The van der Waals surface area contributed by atoms with Crippen LogP contribution in [0.25, 0.3) is 11.3 Å². The summed E-state index contributed by atoms with van der Waals surface area (Å²) in [5, 5.41) is 15.3. The van der Waals surface area contributed by atoms with E-state index in [1.165, 1.54) is 0 Å². The molecule has 0 saturated heterocycles. The summed E-state index contributed by atoms with van der Waals surface area (Å²) in [6.07, 6.45) is 1.92. The van der Waals surface area contributed by atoms with Gasteiger partial charge in [-0.05, 0) is 12.8 Å². The summed E-state index contributed by atoms with van der Waals surface area (Å²) in [4.78, 5) is 23.8. The van der Waals surface area contributed by atoms with Crippen molar-refractivity contribution in [2.75, 3.05) is 20.1 Å². The molecule has 0 fully saturated rings. The number of carbonyl (C=O) groups excluding carboxylic acids is 1. The molecule has 0 spiro atoms. The zero-order chi connectivity index (χ0) is 18.1. The second kappa shape index (κ2) is 9.46. The summed E-state index contributed by atoms with van der Waals surface area (Å²) in [6.45, 7) is 0.935. The van der Waals surface area contributed by atoms with Gasteiger partial charge < -0.3 is 19.8 Å². The van der Waals surface area contributed by atoms with Crippen molar-refractivity contribution in [2.24, 2.45) is 0 Å². The molecule has 0 bridgehead atoms. The molecule has 1 heterocycles. The number of aryl methyl sites for hydroxylation is 1. The number of benzene rings is 1. The second-order valence-electron chi connectivity index (χ2n) is 5.80. The molecule has 0 atom stereocenters. The number of nitrogens with zero attached hydrogens (tertiary/aromatic N) is 2. The fourth-order valence-corrected chi connectivity index (χ4v) is 2.34. The summed E-state index contributed by atoms with van der Waals surface area (Å²) in [5.74, 6) is -0.0707. The number of hydrogen-bond acceptors (Lipinski definition) is 4. The fraction of sp³-hybridized carbons (Fsp3) is 0.389. The number of nitrogens with one attached hydrogen (secondary N) is 1. The number of rotatable bonds is 9.